The summed E-state index contributed by atoms with van der Waals surface area (Å²) in [5, 5.41) is 0. The topological polar surface area (TPSA) is 12.0 Å². The summed E-state index contributed by atoms with van der Waals surface area (Å²) in [6.45, 7) is 6.18. The standard InChI is InChI=1S/C14H15NS.C2H6/c1-2-12-7-6-10-14(11-12)16-15-13-8-4-3-5-9-13;1-2/h3-11,15H,2H2,1H3;1-2H3. The van der Waals surface area contributed by atoms with Crippen molar-refractivity contribution >= 4 is 17.6 Å². The molecule has 0 radical (unpaired) electrons. The van der Waals surface area contributed by atoms with Crippen LogP contribution in [0.5, 0.6) is 0 Å². The lowest BCUT2D eigenvalue weighted by molar-refractivity contribution is 1.12. The van der Waals surface area contributed by atoms with Crippen LogP contribution in [0.4, 0.5) is 5.69 Å². The SMILES string of the molecule is CC.CCc1cccc(SNc2ccccc2)c1. The maximum absolute atomic E-state index is 3.33. The van der Waals surface area contributed by atoms with Gasteiger partial charge in [0.25, 0.3) is 0 Å². The number of rotatable bonds is 4. The van der Waals surface area contributed by atoms with Crippen LogP contribution in [0, 0.1) is 0 Å². The summed E-state index contributed by atoms with van der Waals surface area (Å²) in [5.41, 5.74) is 2.51. The Morgan fingerprint density at radius 2 is 1.67 bits per heavy atom. The van der Waals surface area contributed by atoms with Gasteiger partial charge in [-0.15, -0.1) is 0 Å². The molecule has 0 aromatic heterocycles. The minimum absolute atomic E-state index is 1.08. The van der Waals surface area contributed by atoms with E-state index in [2.05, 4.69) is 48.0 Å². The third kappa shape index (κ3) is 4.84. The summed E-state index contributed by atoms with van der Waals surface area (Å²) in [4.78, 5) is 1.25. The van der Waals surface area contributed by atoms with E-state index >= 15 is 0 Å². The van der Waals surface area contributed by atoms with Crippen LogP contribution >= 0.6 is 11.9 Å². The van der Waals surface area contributed by atoms with Gasteiger partial charge in [0.1, 0.15) is 0 Å². The van der Waals surface area contributed by atoms with Gasteiger partial charge < -0.3 is 4.72 Å². The number of hydrogen-bond donors (Lipinski definition) is 1. The number of nitrogens with one attached hydrogen (secondary N) is 1. The Bertz CT molecular complexity index is 440. The maximum atomic E-state index is 3.33. The average molecular weight is 259 g/mol. The molecule has 1 nitrogen and oxygen atoms in total. The van der Waals surface area contributed by atoms with Crippen molar-refractivity contribution in [3.05, 3.63) is 60.2 Å². The molecule has 2 aromatic carbocycles. The molecule has 2 aromatic rings. The molecule has 0 aliphatic rings. The highest BCUT2D eigenvalue weighted by molar-refractivity contribution is 8.00. The van der Waals surface area contributed by atoms with Crippen LogP contribution < -0.4 is 4.72 Å². The maximum Gasteiger partial charge on any atom is 0.0443 e. The Balaban J connectivity index is 0.000000771. The fraction of sp³-hybridized carbons (Fsp3) is 0.250. The highest BCUT2D eigenvalue weighted by Crippen LogP contribution is 2.21. The zero-order chi connectivity index (χ0) is 13.2. The van der Waals surface area contributed by atoms with Gasteiger partial charge in [-0.2, -0.15) is 0 Å². The first-order chi connectivity index (χ1) is 8.88. The smallest absolute Gasteiger partial charge is 0.0443 e. The Hall–Kier alpha value is -1.41. The second kappa shape index (κ2) is 8.65. The van der Waals surface area contributed by atoms with Gasteiger partial charge in [-0.25, -0.2) is 0 Å². The van der Waals surface area contributed by atoms with Crippen molar-refractivity contribution in [1.29, 1.82) is 0 Å². The molecule has 0 aliphatic heterocycles. The lowest BCUT2D eigenvalue weighted by Gasteiger charge is -2.06. The van der Waals surface area contributed by atoms with Crippen LogP contribution in [0.15, 0.2) is 59.5 Å². The van der Waals surface area contributed by atoms with Gasteiger partial charge in [0.05, 0.1) is 0 Å². The first-order valence-electron chi connectivity index (χ1n) is 6.45. The van der Waals surface area contributed by atoms with Crippen molar-refractivity contribution in [3.63, 3.8) is 0 Å². The molecule has 1 N–H and O–H groups in total. The molecule has 0 aliphatic carbocycles. The molecule has 0 spiro atoms. The molecule has 0 heterocycles. The second-order valence-electron chi connectivity index (χ2n) is 3.57. The Labute approximate surface area is 115 Å². The van der Waals surface area contributed by atoms with E-state index in [9.17, 15) is 0 Å². The molecule has 0 saturated carbocycles. The van der Waals surface area contributed by atoms with Crippen molar-refractivity contribution in [3.8, 4) is 0 Å². The predicted molar refractivity (Wildman–Crippen MR) is 83.1 cm³/mol. The Kier molecular flexibility index (Phi) is 7.04. The molecular formula is C16H21NS. The fourth-order valence-corrected chi connectivity index (χ4v) is 2.18. The van der Waals surface area contributed by atoms with Crippen LogP contribution in [0.25, 0.3) is 0 Å². The van der Waals surface area contributed by atoms with Gasteiger partial charge >= 0.3 is 0 Å². The quantitative estimate of drug-likeness (QED) is 0.738. The van der Waals surface area contributed by atoms with E-state index in [-0.39, 0.29) is 0 Å². The van der Waals surface area contributed by atoms with Crippen LogP contribution in [-0.4, -0.2) is 0 Å². The van der Waals surface area contributed by atoms with Gasteiger partial charge in [-0.3, -0.25) is 0 Å². The van der Waals surface area contributed by atoms with Gasteiger partial charge in [0.2, 0.25) is 0 Å². The summed E-state index contributed by atoms with van der Waals surface area (Å²) in [5.74, 6) is 0. The Morgan fingerprint density at radius 1 is 0.944 bits per heavy atom. The van der Waals surface area contributed by atoms with E-state index in [4.69, 9.17) is 0 Å². The summed E-state index contributed by atoms with van der Waals surface area (Å²) >= 11 is 1.65. The molecule has 0 saturated heterocycles. The Morgan fingerprint density at radius 3 is 2.33 bits per heavy atom. The molecule has 96 valence electrons. The van der Waals surface area contributed by atoms with E-state index in [1.165, 1.54) is 10.5 Å². The first-order valence-corrected chi connectivity index (χ1v) is 7.27. The van der Waals surface area contributed by atoms with Crippen molar-refractivity contribution in [2.75, 3.05) is 4.72 Å². The van der Waals surface area contributed by atoms with E-state index in [0.29, 0.717) is 0 Å². The summed E-state index contributed by atoms with van der Waals surface area (Å²) in [7, 11) is 0. The van der Waals surface area contributed by atoms with Crippen molar-refractivity contribution in [2.45, 2.75) is 32.1 Å². The second-order valence-corrected chi connectivity index (χ2v) is 4.45. The number of para-hydroxylation sites is 1. The number of hydrogen-bond acceptors (Lipinski definition) is 2. The van der Waals surface area contributed by atoms with Crippen molar-refractivity contribution in [2.24, 2.45) is 0 Å². The fourth-order valence-electron chi connectivity index (χ4n) is 1.45. The van der Waals surface area contributed by atoms with Gasteiger partial charge in [0.15, 0.2) is 0 Å². The normalized spacial score (nSPS) is 9.28. The van der Waals surface area contributed by atoms with Gasteiger partial charge in [0, 0.05) is 10.6 Å². The zero-order valence-electron chi connectivity index (χ0n) is 11.3. The van der Waals surface area contributed by atoms with E-state index in [1.54, 1.807) is 11.9 Å². The molecule has 2 heteroatoms. The molecule has 0 bridgehead atoms. The van der Waals surface area contributed by atoms with Crippen LogP contribution in [0.2, 0.25) is 0 Å². The molecule has 0 amide bonds. The van der Waals surface area contributed by atoms with Gasteiger partial charge in [-0.1, -0.05) is 51.1 Å². The minimum atomic E-state index is 1.08. The van der Waals surface area contributed by atoms with E-state index in [0.717, 1.165) is 12.1 Å². The average Bonchev–Trinajstić information content (AvgIpc) is 2.48. The molecule has 0 fully saturated rings. The van der Waals surface area contributed by atoms with Crippen LogP contribution in [0.3, 0.4) is 0 Å². The van der Waals surface area contributed by atoms with Crippen LogP contribution in [0.1, 0.15) is 26.3 Å². The first kappa shape index (κ1) is 14.7. The monoisotopic (exact) mass is 259 g/mol. The number of anilines is 1. The highest BCUT2D eigenvalue weighted by atomic mass is 32.2. The molecule has 0 atom stereocenters. The third-order valence-corrected chi connectivity index (χ3v) is 3.19. The summed E-state index contributed by atoms with van der Waals surface area (Å²) in [6, 6.07) is 18.8. The summed E-state index contributed by atoms with van der Waals surface area (Å²) in [6.07, 6.45) is 1.08. The highest BCUT2D eigenvalue weighted by Gasteiger charge is 1.95. The molecular weight excluding hydrogens is 238 g/mol. The summed E-state index contributed by atoms with van der Waals surface area (Å²) < 4.78 is 3.33. The lowest BCUT2D eigenvalue weighted by atomic mass is 10.2. The van der Waals surface area contributed by atoms with Gasteiger partial charge in [-0.05, 0) is 48.2 Å². The largest absolute Gasteiger partial charge is 0.326 e. The van der Waals surface area contributed by atoms with Crippen molar-refractivity contribution < 1.29 is 0 Å². The van der Waals surface area contributed by atoms with E-state index in [1.807, 2.05) is 32.0 Å². The van der Waals surface area contributed by atoms with Crippen LogP contribution in [-0.2, 0) is 6.42 Å². The predicted octanol–water partition coefficient (Wildman–Crippen LogP) is 5.39. The number of benzene rings is 2. The molecule has 18 heavy (non-hydrogen) atoms. The van der Waals surface area contributed by atoms with Crippen molar-refractivity contribution in [1.82, 2.24) is 0 Å². The third-order valence-electron chi connectivity index (χ3n) is 2.37. The lowest BCUT2D eigenvalue weighted by Crippen LogP contribution is -1.87. The van der Waals surface area contributed by atoms with E-state index < -0.39 is 0 Å². The molecule has 0 unspecified atom stereocenters. The molecule has 2 rings (SSSR count). The zero-order valence-corrected chi connectivity index (χ0v) is 12.1. The number of aryl methyl sites for hydroxylation is 1. The minimum Gasteiger partial charge on any atom is -0.326 e.